The number of carbonyl (C=O) groups excluding carboxylic acids is 2. The van der Waals surface area contributed by atoms with Crippen LogP contribution in [-0.2, 0) is 14.3 Å². The van der Waals surface area contributed by atoms with Crippen molar-refractivity contribution in [1.82, 2.24) is 5.43 Å². The fraction of sp³-hybridized carbons (Fsp3) is 0.200. The number of hydrogen-bond acceptors (Lipinski definition) is 4. The lowest BCUT2D eigenvalue weighted by atomic mass is 10.1. The summed E-state index contributed by atoms with van der Waals surface area (Å²) in [5, 5.41) is 1.27. The lowest BCUT2D eigenvalue weighted by Crippen LogP contribution is -2.36. The van der Waals surface area contributed by atoms with Crippen LogP contribution in [-0.4, -0.2) is 38.1 Å². The Morgan fingerprint density at radius 1 is 0.926 bits per heavy atom. The molecule has 2 aromatic carbocycles. The Bertz CT molecular complexity index is 888. The van der Waals surface area contributed by atoms with Gasteiger partial charge in [-0.15, -0.1) is 0 Å². The second-order valence-corrected chi connectivity index (χ2v) is 7.22. The molecule has 27 heavy (non-hydrogen) atoms. The molecule has 0 bridgehead atoms. The molecule has 0 radical (unpaired) electrons. The van der Waals surface area contributed by atoms with Gasteiger partial charge in [-0.05, 0) is 48.0 Å². The summed E-state index contributed by atoms with van der Waals surface area (Å²) in [6.07, 6.45) is 1.62. The van der Waals surface area contributed by atoms with Crippen LogP contribution in [0.2, 0.25) is 0 Å². The van der Waals surface area contributed by atoms with E-state index in [2.05, 4.69) is 26.3 Å². The number of nitrogens with zero attached hydrogens (tertiary/aromatic N) is 2. The van der Waals surface area contributed by atoms with Gasteiger partial charge in [0.25, 0.3) is 11.8 Å². The van der Waals surface area contributed by atoms with Gasteiger partial charge in [-0.25, -0.2) is 5.01 Å². The summed E-state index contributed by atoms with van der Waals surface area (Å²) in [7, 11) is 0. The molecule has 138 valence electrons. The van der Waals surface area contributed by atoms with Crippen LogP contribution in [0.1, 0.15) is 5.56 Å². The van der Waals surface area contributed by atoms with Crippen molar-refractivity contribution in [3.05, 3.63) is 64.1 Å². The van der Waals surface area contributed by atoms with Gasteiger partial charge in [-0.1, -0.05) is 28.1 Å². The molecule has 2 fully saturated rings. The van der Waals surface area contributed by atoms with Crippen molar-refractivity contribution in [1.29, 1.82) is 0 Å². The molecule has 2 heterocycles. The Hall–Kier alpha value is -2.64. The van der Waals surface area contributed by atoms with E-state index in [4.69, 9.17) is 4.74 Å². The highest BCUT2D eigenvalue weighted by atomic mass is 79.9. The summed E-state index contributed by atoms with van der Waals surface area (Å²) < 4.78 is 6.27. The summed E-state index contributed by atoms with van der Waals surface area (Å²) in [5.74, 6) is -0.764. The molecule has 2 aromatic rings. The number of anilines is 2. The number of rotatable bonds is 3. The monoisotopic (exact) mass is 427 g/mol. The fourth-order valence-electron chi connectivity index (χ4n) is 3.10. The van der Waals surface area contributed by atoms with Crippen LogP contribution in [0.3, 0.4) is 0 Å². The van der Waals surface area contributed by atoms with E-state index in [1.54, 1.807) is 18.2 Å². The zero-order valence-corrected chi connectivity index (χ0v) is 16.1. The molecule has 7 heteroatoms. The molecule has 0 spiro atoms. The first-order valence-corrected chi connectivity index (χ1v) is 9.46. The van der Waals surface area contributed by atoms with Crippen LogP contribution in [0.4, 0.5) is 11.4 Å². The maximum atomic E-state index is 12.7. The number of carbonyl (C=O) groups is 2. The molecule has 2 aliphatic rings. The molecular formula is C20H18BrN3O3. The first-order valence-electron chi connectivity index (χ1n) is 8.67. The minimum Gasteiger partial charge on any atom is -0.378 e. The molecule has 2 amide bonds. The Labute approximate surface area is 165 Å². The third-order valence-corrected chi connectivity index (χ3v) is 5.09. The van der Waals surface area contributed by atoms with Crippen molar-refractivity contribution in [3.8, 4) is 0 Å². The summed E-state index contributed by atoms with van der Waals surface area (Å²) >= 11 is 3.36. The fourth-order valence-corrected chi connectivity index (χ4v) is 3.36. The van der Waals surface area contributed by atoms with Crippen LogP contribution < -0.4 is 15.3 Å². The van der Waals surface area contributed by atoms with Crippen LogP contribution >= 0.6 is 15.9 Å². The molecule has 2 saturated heterocycles. The van der Waals surface area contributed by atoms with Crippen molar-refractivity contribution >= 4 is 45.2 Å². The molecule has 0 aromatic heterocycles. The van der Waals surface area contributed by atoms with E-state index in [0.717, 1.165) is 42.0 Å². The van der Waals surface area contributed by atoms with Crippen molar-refractivity contribution in [3.63, 3.8) is 0 Å². The van der Waals surface area contributed by atoms with Crippen molar-refractivity contribution in [2.24, 2.45) is 0 Å². The predicted molar refractivity (Wildman–Crippen MR) is 107 cm³/mol. The largest absolute Gasteiger partial charge is 0.378 e. The summed E-state index contributed by atoms with van der Waals surface area (Å²) in [4.78, 5) is 27.2. The van der Waals surface area contributed by atoms with E-state index in [-0.39, 0.29) is 11.5 Å². The maximum absolute atomic E-state index is 12.7. The molecule has 0 saturated carbocycles. The van der Waals surface area contributed by atoms with Crippen molar-refractivity contribution in [2.45, 2.75) is 0 Å². The highest BCUT2D eigenvalue weighted by Crippen LogP contribution is 2.24. The number of amides is 2. The average Bonchev–Trinajstić information content (AvgIpc) is 2.98. The predicted octanol–water partition coefficient (Wildman–Crippen LogP) is 2.75. The van der Waals surface area contributed by atoms with E-state index < -0.39 is 5.91 Å². The molecule has 4 rings (SSSR count). The van der Waals surface area contributed by atoms with Gasteiger partial charge in [0.1, 0.15) is 5.57 Å². The van der Waals surface area contributed by atoms with Gasteiger partial charge < -0.3 is 9.64 Å². The maximum Gasteiger partial charge on any atom is 0.282 e. The smallest absolute Gasteiger partial charge is 0.282 e. The van der Waals surface area contributed by atoms with Gasteiger partial charge in [0.05, 0.1) is 18.9 Å². The first kappa shape index (κ1) is 17.8. The Morgan fingerprint density at radius 3 is 2.22 bits per heavy atom. The minimum atomic E-state index is -0.403. The van der Waals surface area contributed by atoms with E-state index in [1.807, 2.05) is 36.4 Å². The number of nitrogens with one attached hydrogen (secondary N) is 1. The van der Waals surface area contributed by atoms with E-state index >= 15 is 0 Å². The van der Waals surface area contributed by atoms with E-state index in [1.165, 1.54) is 5.01 Å². The van der Waals surface area contributed by atoms with Gasteiger partial charge in [0, 0.05) is 23.2 Å². The average molecular weight is 428 g/mol. The summed E-state index contributed by atoms with van der Waals surface area (Å²) in [6, 6.07) is 15.0. The molecule has 6 nitrogen and oxygen atoms in total. The van der Waals surface area contributed by atoms with Crippen molar-refractivity contribution < 1.29 is 14.3 Å². The zero-order valence-electron chi connectivity index (χ0n) is 14.5. The standard InChI is InChI=1S/C20H18BrN3O3/c21-15-3-7-17(8-4-15)24-20(26)18(19(25)22-24)13-14-1-5-16(6-2-14)23-9-11-27-12-10-23/h1-8,13H,9-12H2,(H,22,25)/b18-13+. The highest BCUT2D eigenvalue weighted by Gasteiger charge is 2.34. The normalized spacial score (nSPS) is 18.9. The first-order chi connectivity index (χ1) is 13.1. The zero-order chi connectivity index (χ0) is 18.8. The number of benzene rings is 2. The summed E-state index contributed by atoms with van der Waals surface area (Å²) in [5.41, 5.74) is 5.27. The Morgan fingerprint density at radius 2 is 1.56 bits per heavy atom. The lowest BCUT2D eigenvalue weighted by Gasteiger charge is -2.28. The quantitative estimate of drug-likeness (QED) is 0.604. The van der Waals surface area contributed by atoms with Crippen LogP contribution in [0.5, 0.6) is 0 Å². The Balaban J connectivity index is 1.53. The van der Waals surface area contributed by atoms with Crippen LogP contribution in [0.15, 0.2) is 58.6 Å². The number of halogens is 1. The third kappa shape index (κ3) is 3.74. The van der Waals surface area contributed by atoms with Crippen LogP contribution in [0.25, 0.3) is 6.08 Å². The third-order valence-electron chi connectivity index (χ3n) is 4.56. The van der Waals surface area contributed by atoms with E-state index in [0.29, 0.717) is 5.69 Å². The van der Waals surface area contributed by atoms with E-state index in [9.17, 15) is 9.59 Å². The second kappa shape index (κ2) is 7.54. The molecular weight excluding hydrogens is 410 g/mol. The molecule has 2 aliphatic heterocycles. The van der Waals surface area contributed by atoms with Gasteiger partial charge >= 0.3 is 0 Å². The van der Waals surface area contributed by atoms with Gasteiger partial charge in [-0.2, -0.15) is 0 Å². The lowest BCUT2D eigenvalue weighted by molar-refractivity contribution is -0.117. The van der Waals surface area contributed by atoms with Gasteiger partial charge in [0.2, 0.25) is 0 Å². The summed E-state index contributed by atoms with van der Waals surface area (Å²) in [6.45, 7) is 3.19. The minimum absolute atomic E-state index is 0.122. The Kier molecular flexibility index (Phi) is 4.96. The SMILES string of the molecule is O=C1NN(c2ccc(Br)cc2)C(=O)/C1=C/c1ccc(N2CCOCC2)cc1. The van der Waals surface area contributed by atoms with Gasteiger partial charge in [0.15, 0.2) is 0 Å². The number of ether oxygens (including phenoxy) is 1. The van der Waals surface area contributed by atoms with Crippen LogP contribution in [0, 0.1) is 0 Å². The van der Waals surface area contributed by atoms with Crippen molar-refractivity contribution in [2.75, 3.05) is 36.2 Å². The molecule has 1 N–H and O–H groups in total. The molecule has 0 aliphatic carbocycles. The topological polar surface area (TPSA) is 61.9 Å². The molecule has 0 atom stereocenters. The molecule has 0 unspecified atom stereocenters. The number of morpholine rings is 1. The van der Waals surface area contributed by atoms with Gasteiger partial charge in [-0.3, -0.25) is 15.0 Å². The highest BCUT2D eigenvalue weighted by molar-refractivity contribution is 9.10. The number of hydrazine groups is 1. The second-order valence-electron chi connectivity index (χ2n) is 6.31. The number of hydrogen-bond donors (Lipinski definition) is 1.